The first kappa shape index (κ1) is 13.1. The van der Waals surface area contributed by atoms with E-state index in [0.717, 1.165) is 11.1 Å². The van der Waals surface area contributed by atoms with Gasteiger partial charge in [-0.3, -0.25) is 9.69 Å². The Kier molecular flexibility index (Phi) is 3.68. The number of amides is 1. The lowest BCUT2D eigenvalue weighted by atomic mass is 10.0. The molecule has 0 aliphatic carbocycles. The molecule has 0 radical (unpaired) electrons. The molecule has 1 atom stereocenters. The predicted molar refractivity (Wildman–Crippen MR) is 70.2 cm³/mol. The van der Waals surface area contributed by atoms with Crippen LogP contribution in [0.5, 0.6) is 0 Å². The Morgan fingerprint density at radius 3 is 2.61 bits per heavy atom. The van der Waals surface area contributed by atoms with E-state index >= 15 is 0 Å². The molecule has 1 fully saturated rings. The van der Waals surface area contributed by atoms with Crippen LogP contribution in [0, 0.1) is 6.92 Å². The van der Waals surface area contributed by atoms with Gasteiger partial charge < -0.3 is 10.0 Å². The molecule has 4 heteroatoms. The first-order valence-corrected chi connectivity index (χ1v) is 6.19. The molecule has 1 aromatic carbocycles. The van der Waals surface area contributed by atoms with E-state index in [0.29, 0.717) is 13.1 Å². The number of aliphatic hydroxyl groups is 1. The van der Waals surface area contributed by atoms with Gasteiger partial charge in [0.25, 0.3) is 0 Å². The Hall–Kier alpha value is -1.39. The van der Waals surface area contributed by atoms with Crippen molar-refractivity contribution in [3.8, 4) is 0 Å². The van der Waals surface area contributed by atoms with Crippen molar-refractivity contribution in [2.75, 3.05) is 27.2 Å². The molecule has 98 valence electrons. The normalized spacial score (nSPS) is 17.7. The van der Waals surface area contributed by atoms with E-state index < -0.39 is 0 Å². The van der Waals surface area contributed by atoms with Crippen LogP contribution in [-0.4, -0.2) is 54.1 Å². The van der Waals surface area contributed by atoms with Gasteiger partial charge in [-0.2, -0.15) is 0 Å². The van der Waals surface area contributed by atoms with Gasteiger partial charge in [0.05, 0.1) is 6.10 Å². The van der Waals surface area contributed by atoms with Gasteiger partial charge in [-0.05, 0) is 26.6 Å². The molecule has 4 nitrogen and oxygen atoms in total. The van der Waals surface area contributed by atoms with Crippen molar-refractivity contribution >= 4 is 5.91 Å². The Bertz CT molecular complexity index is 439. The first-order chi connectivity index (χ1) is 8.49. The van der Waals surface area contributed by atoms with Crippen LogP contribution in [0.2, 0.25) is 0 Å². The second-order valence-corrected chi connectivity index (χ2v) is 5.18. The van der Waals surface area contributed by atoms with Crippen molar-refractivity contribution in [2.45, 2.75) is 19.1 Å². The van der Waals surface area contributed by atoms with Crippen LogP contribution >= 0.6 is 0 Å². The molecule has 1 saturated heterocycles. The highest BCUT2D eigenvalue weighted by Gasteiger charge is 2.35. The number of aryl methyl sites for hydroxylation is 1. The van der Waals surface area contributed by atoms with E-state index in [-0.39, 0.29) is 18.1 Å². The van der Waals surface area contributed by atoms with Gasteiger partial charge >= 0.3 is 0 Å². The van der Waals surface area contributed by atoms with Crippen LogP contribution in [0.1, 0.15) is 17.2 Å². The Morgan fingerprint density at radius 1 is 1.44 bits per heavy atom. The lowest BCUT2D eigenvalue weighted by Gasteiger charge is -2.39. The zero-order chi connectivity index (χ0) is 13.3. The second kappa shape index (κ2) is 5.08. The highest BCUT2D eigenvalue weighted by Crippen LogP contribution is 2.24. The molecule has 1 aromatic rings. The maximum absolute atomic E-state index is 12.4. The summed E-state index contributed by atoms with van der Waals surface area (Å²) in [5.74, 6) is 0.0656. The minimum absolute atomic E-state index is 0.0656. The number of carbonyl (C=O) groups is 1. The van der Waals surface area contributed by atoms with E-state index in [4.69, 9.17) is 0 Å². The van der Waals surface area contributed by atoms with Gasteiger partial charge in [-0.15, -0.1) is 0 Å². The van der Waals surface area contributed by atoms with Crippen molar-refractivity contribution in [3.05, 3.63) is 35.4 Å². The number of likely N-dealkylation sites (tertiary alicyclic amines) is 1. The molecule has 2 rings (SSSR count). The number of hydrogen-bond acceptors (Lipinski definition) is 3. The zero-order valence-electron chi connectivity index (χ0n) is 11.1. The minimum Gasteiger partial charge on any atom is -0.389 e. The molecule has 18 heavy (non-hydrogen) atoms. The van der Waals surface area contributed by atoms with Crippen LogP contribution in [0.3, 0.4) is 0 Å². The predicted octanol–water partition coefficient (Wildman–Crippen LogP) is 0.801. The van der Waals surface area contributed by atoms with E-state index in [1.165, 1.54) is 0 Å². The van der Waals surface area contributed by atoms with Gasteiger partial charge in [0.2, 0.25) is 5.91 Å². The summed E-state index contributed by atoms with van der Waals surface area (Å²) < 4.78 is 0. The minimum atomic E-state index is -0.353. The Balaban J connectivity index is 2.20. The number of benzene rings is 1. The third kappa shape index (κ3) is 2.54. The van der Waals surface area contributed by atoms with Crippen LogP contribution in [0.25, 0.3) is 0 Å². The van der Waals surface area contributed by atoms with Crippen molar-refractivity contribution in [2.24, 2.45) is 0 Å². The summed E-state index contributed by atoms with van der Waals surface area (Å²) >= 11 is 0. The fourth-order valence-electron chi connectivity index (χ4n) is 2.31. The summed E-state index contributed by atoms with van der Waals surface area (Å²) in [5.41, 5.74) is 2.15. The SMILES string of the molecule is Cc1cccc(C(C(=O)N2CC(O)C2)N(C)C)c1. The van der Waals surface area contributed by atoms with E-state index in [1.807, 2.05) is 50.2 Å². The molecule has 1 N–H and O–H groups in total. The maximum Gasteiger partial charge on any atom is 0.244 e. The lowest BCUT2D eigenvalue weighted by Crippen LogP contribution is -2.56. The quantitative estimate of drug-likeness (QED) is 0.860. The number of β-amino-alcohol motifs (C(OH)–C–C–N with tert-alkyl or cyclic N) is 1. The summed E-state index contributed by atoms with van der Waals surface area (Å²) in [5, 5.41) is 9.29. The topological polar surface area (TPSA) is 43.8 Å². The van der Waals surface area contributed by atoms with Crippen molar-refractivity contribution < 1.29 is 9.90 Å². The van der Waals surface area contributed by atoms with Crippen molar-refractivity contribution in [1.82, 2.24) is 9.80 Å². The standard InChI is InChI=1S/C14H20N2O2/c1-10-5-4-6-11(7-10)13(15(2)3)14(18)16-8-12(17)9-16/h4-7,12-13,17H,8-9H2,1-3H3. The highest BCUT2D eigenvalue weighted by molar-refractivity contribution is 5.84. The Morgan fingerprint density at radius 2 is 2.11 bits per heavy atom. The summed E-state index contributed by atoms with van der Waals surface area (Å²) in [7, 11) is 3.81. The Labute approximate surface area is 108 Å². The average molecular weight is 248 g/mol. The van der Waals surface area contributed by atoms with E-state index in [9.17, 15) is 9.90 Å². The summed E-state index contributed by atoms with van der Waals surface area (Å²) in [4.78, 5) is 16.0. The molecule has 1 aliphatic heterocycles. The zero-order valence-corrected chi connectivity index (χ0v) is 11.1. The molecule has 1 amide bonds. The van der Waals surface area contributed by atoms with Crippen LogP contribution in [-0.2, 0) is 4.79 Å². The number of aliphatic hydroxyl groups excluding tert-OH is 1. The largest absolute Gasteiger partial charge is 0.389 e. The third-order valence-corrected chi connectivity index (χ3v) is 3.28. The summed E-state index contributed by atoms with van der Waals surface area (Å²) in [6, 6.07) is 7.75. The van der Waals surface area contributed by atoms with Crippen molar-refractivity contribution in [1.29, 1.82) is 0 Å². The lowest BCUT2D eigenvalue weighted by molar-refractivity contribution is -0.146. The van der Waals surface area contributed by atoms with Gasteiger partial charge in [0.15, 0.2) is 0 Å². The molecule has 1 heterocycles. The highest BCUT2D eigenvalue weighted by atomic mass is 16.3. The monoisotopic (exact) mass is 248 g/mol. The molecule has 1 unspecified atom stereocenters. The average Bonchev–Trinajstić information content (AvgIpc) is 2.24. The fraction of sp³-hybridized carbons (Fsp3) is 0.500. The smallest absolute Gasteiger partial charge is 0.244 e. The molecular weight excluding hydrogens is 228 g/mol. The number of likely N-dealkylation sites (N-methyl/N-ethyl adjacent to an activating group) is 1. The number of rotatable bonds is 3. The fourth-order valence-corrected chi connectivity index (χ4v) is 2.31. The first-order valence-electron chi connectivity index (χ1n) is 6.19. The van der Waals surface area contributed by atoms with Gasteiger partial charge in [0.1, 0.15) is 6.04 Å². The van der Waals surface area contributed by atoms with Gasteiger partial charge in [0, 0.05) is 13.1 Å². The van der Waals surface area contributed by atoms with Crippen LogP contribution < -0.4 is 0 Å². The third-order valence-electron chi connectivity index (χ3n) is 3.28. The van der Waals surface area contributed by atoms with Gasteiger partial charge in [-0.25, -0.2) is 0 Å². The molecular formula is C14H20N2O2. The van der Waals surface area contributed by atoms with Crippen molar-refractivity contribution in [3.63, 3.8) is 0 Å². The molecule has 1 aliphatic rings. The van der Waals surface area contributed by atoms with Crippen LogP contribution in [0.15, 0.2) is 24.3 Å². The van der Waals surface area contributed by atoms with E-state index in [2.05, 4.69) is 0 Å². The summed E-state index contributed by atoms with van der Waals surface area (Å²) in [6.45, 7) is 2.93. The molecule has 0 spiro atoms. The van der Waals surface area contributed by atoms with Gasteiger partial charge in [-0.1, -0.05) is 29.8 Å². The molecule has 0 saturated carbocycles. The number of nitrogens with zero attached hydrogens (tertiary/aromatic N) is 2. The van der Waals surface area contributed by atoms with E-state index in [1.54, 1.807) is 4.90 Å². The summed E-state index contributed by atoms with van der Waals surface area (Å²) in [6.07, 6.45) is -0.353. The second-order valence-electron chi connectivity index (χ2n) is 5.18. The maximum atomic E-state index is 12.4. The number of carbonyl (C=O) groups excluding carboxylic acids is 1. The molecule has 0 aromatic heterocycles. The van der Waals surface area contributed by atoms with Crippen LogP contribution in [0.4, 0.5) is 0 Å². The number of hydrogen-bond donors (Lipinski definition) is 1. The molecule has 0 bridgehead atoms.